The van der Waals surface area contributed by atoms with E-state index >= 15 is 0 Å². The SMILES string of the molecule is Cc1nn(C)c(C)c1CCC(=O)NC1CCc2nnc(-c3cnn(C)c3)n2CC1. The van der Waals surface area contributed by atoms with Gasteiger partial charge in [0.15, 0.2) is 5.82 Å². The third-order valence-electron chi connectivity index (χ3n) is 5.83. The van der Waals surface area contributed by atoms with Gasteiger partial charge in [0.05, 0.1) is 17.5 Å². The number of aromatic nitrogens is 7. The summed E-state index contributed by atoms with van der Waals surface area (Å²) in [4.78, 5) is 12.5. The molecule has 9 heteroatoms. The maximum absolute atomic E-state index is 12.5. The van der Waals surface area contributed by atoms with Crippen molar-refractivity contribution in [3.05, 3.63) is 35.2 Å². The standard InChI is InChI=1S/C20H28N8O/c1-13-17(14(2)27(4)25-13)6-8-19(29)22-16-5-7-18-23-24-20(28(18)10-9-16)15-11-21-26(3)12-15/h11-12,16H,5-10H2,1-4H3,(H,22,29). The fraction of sp³-hybridized carbons (Fsp3) is 0.550. The molecule has 1 unspecified atom stereocenters. The summed E-state index contributed by atoms with van der Waals surface area (Å²) >= 11 is 0. The molecule has 0 saturated heterocycles. The van der Waals surface area contributed by atoms with Crippen molar-refractivity contribution in [2.75, 3.05) is 0 Å². The lowest BCUT2D eigenvalue weighted by Crippen LogP contribution is -2.35. The van der Waals surface area contributed by atoms with Crippen LogP contribution in [0.4, 0.5) is 0 Å². The molecule has 0 aromatic carbocycles. The van der Waals surface area contributed by atoms with Crippen LogP contribution in [0, 0.1) is 13.8 Å². The summed E-state index contributed by atoms with van der Waals surface area (Å²) in [5.41, 5.74) is 4.28. The van der Waals surface area contributed by atoms with Crippen molar-refractivity contribution in [2.24, 2.45) is 14.1 Å². The summed E-state index contributed by atoms with van der Waals surface area (Å²) in [5, 5.41) is 20.6. The Bertz CT molecular complexity index is 1030. The molecule has 154 valence electrons. The van der Waals surface area contributed by atoms with E-state index in [-0.39, 0.29) is 11.9 Å². The van der Waals surface area contributed by atoms with E-state index in [1.165, 1.54) is 5.56 Å². The van der Waals surface area contributed by atoms with E-state index in [9.17, 15) is 4.79 Å². The fourth-order valence-corrected chi connectivity index (χ4v) is 4.10. The van der Waals surface area contributed by atoms with Crippen molar-refractivity contribution in [3.8, 4) is 11.4 Å². The predicted octanol–water partition coefficient (Wildman–Crippen LogP) is 1.48. The van der Waals surface area contributed by atoms with Crippen LogP contribution in [0.25, 0.3) is 11.4 Å². The number of aryl methyl sites for hydroxylation is 4. The number of hydrogen-bond acceptors (Lipinski definition) is 5. The van der Waals surface area contributed by atoms with Gasteiger partial charge in [-0.3, -0.25) is 14.2 Å². The van der Waals surface area contributed by atoms with E-state index in [4.69, 9.17) is 0 Å². The minimum atomic E-state index is 0.0998. The number of fused-ring (bicyclic) bond motifs is 1. The molecule has 0 aliphatic carbocycles. The van der Waals surface area contributed by atoms with Crippen molar-refractivity contribution in [3.63, 3.8) is 0 Å². The van der Waals surface area contributed by atoms with Gasteiger partial charge in [-0.2, -0.15) is 10.2 Å². The molecule has 0 bridgehead atoms. The van der Waals surface area contributed by atoms with E-state index in [0.29, 0.717) is 6.42 Å². The van der Waals surface area contributed by atoms with Gasteiger partial charge in [-0.25, -0.2) is 0 Å². The van der Waals surface area contributed by atoms with Crippen LogP contribution in [0.1, 0.15) is 42.0 Å². The smallest absolute Gasteiger partial charge is 0.220 e. The Labute approximate surface area is 170 Å². The van der Waals surface area contributed by atoms with E-state index in [0.717, 1.165) is 60.8 Å². The van der Waals surface area contributed by atoms with E-state index in [2.05, 4.69) is 30.3 Å². The molecule has 1 atom stereocenters. The highest BCUT2D eigenvalue weighted by Crippen LogP contribution is 2.22. The van der Waals surface area contributed by atoms with Crippen molar-refractivity contribution >= 4 is 5.91 Å². The van der Waals surface area contributed by atoms with Gasteiger partial charge >= 0.3 is 0 Å². The van der Waals surface area contributed by atoms with Crippen LogP contribution in [0.3, 0.4) is 0 Å². The minimum Gasteiger partial charge on any atom is -0.353 e. The molecule has 1 N–H and O–H groups in total. The second-order valence-electron chi connectivity index (χ2n) is 7.86. The lowest BCUT2D eigenvalue weighted by Gasteiger charge is -2.16. The summed E-state index contributed by atoms with van der Waals surface area (Å²) in [6.07, 6.45) is 7.52. The van der Waals surface area contributed by atoms with E-state index < -0.39 is 0 Å². The zero-order chi connectivity index (χ0) is 20.5. The molecule has 3 aromatic rings. The average molecular weight is 396 g/mol. The van der Waals surface area contributed by atoms with Gasteiger partial charge in [-0.05, 0) is 38.7 Å². The zero-order valence-corrected chi connectivity index (χ0v) is 17.5. The zero-order valence-electron chi connectivity index (χ0n) is 17.5. The summed E-state index contributed by atoms with van der Waals surface area (Å²) in [7, 11) is 3.83. The fourth-order valence-electron chi connectivity index (χ4n) is 4.10. The number of carbonyl (C=O) groups excluding carboxylic acids is 1. The number of hydrogen-bond donors (Lipinski definition) is 1. The van der Waals surface area contributed by atoms with Gasteiger partial charge in [-0.15, -0.1) is 10.2 Å². The number of nitrogens with one attached hydrogen (secondary N) is 1. The molecule has 4 heterocycles. The first-order chi connectivity index (χ1) is 13.9. The van der Waals surface area contributed by atoms with E-state index in [1.54, 1.807) is 4.68 Å². The average Bonchev–Trinajstić information content (AvgIpc) is 3.31. The molecule has 29 heavy (non-hydrogen) atoms. The Morgan fingerprint density at radius 2 is 2.07 bits per heavy atom. The summed E-state index contributed by atoms with van der Waals surface area (Å²) in [5.74, 6) is 1.92. The first-order valence-corrected chi connectivity index (χ1v) is 10.1. The molecule has 0 saturated carbocycles. The van der Waals surface area contributed by atoms with Gasteiger partial charge in [0.2, 0.25) is 5.91 Å². The molecule has 1 aliphatic rings. The monoisotopic (exact) mass is 396 g/mol. The Morgan fingerprint density at radius 1 is 1.24 bits per heavy atom. The number of carbonyl (C=O) groups is 1. The highest BCUT2D eigenvalue weighted by molar-refractivity contribution is 5.76. The van der Waals surface area contributed by atoms with Crippen molar-refractivity contribution in [2.45, 2.75) is 58.5 Å². The molecule has 3 aromatic heterocycles. The van der Waals surface area contributed by atoms with Crippen LogP contribution >= 0.6 is 0 Å². The summed E-state index contributed by atoms with van der Waals surface area (Å²) < 4.78 is 5.80. The molecule has 1 aliphatic heterocycles. The molecule has 9 nitrogen and oxygen atoms in total. The second-order valence-corrected chi connectivity index (χ2v) is 7.86. The molecule has 4 rings (SSSR count). The second kappa shape index (κ2) is 7.81. The van der Waals surface area contributed by atoms with Crippen LogP contribution in [0.5, 0.6) is 0 Å². The first-order valence-electron chi connectivity index (χ1n) is 10.1. The molecule has 1 amide bonds. The molecule has 0 fully saturated rings. The van der Waals surface area contributed by atoms with Crippen molar-refractivity contribution < 1.29 is 4.79 Å². The number of rotatable bonds is 5. The third kappa shape index (κ3) is 3.94. The normalized spacial score (nSPS) is 16.5. The maximum Gasteiger partial charge on any atom is 0.220 e. The lowest BCUT2D eigenvalue weighted by molar-refractivity contribution is -0.121. The number of amides is 1. The highest BCUT2D eigenvalue weighted by atomic mass is 16.1. The van der Waals surface area contributed by atoms with E-state index in [1.807, 2.05) is 45.0 Å². The van der Waals surface area contributed by atoms with Gasteiger partial charge in [0.1, 0.15) is 5.82 Å². The maximum atomic E-state index is 12.5. The van der Waals surface area contributed by atoms with Crippen LogP contribution in [0.2, 0.25) is 0 Å². The molecular formula is C20H28N8O. The van der Waals surface area contributed by atoms with Crippen LogP contribution in [-0.2, 0) is 38.3 Å². The largest absolute Gasteiger partial charge is 0.353 e. The third-order valence-corrected chi connectivity index (χ3v) is 5.83. The first kappa shape index (κ1) is 19.4. The van der Waals surface area contributed by atoms with Gasteiger partial charge in [0.25, 0.3) is 0 Å². The van der Waals surface area contributed by atoms with Crippen LogP contribution < -0.4 is 5.32 Å². The Hall–Kier alpha value is -2.97. The molecule has 0 radical (unpaired) electrons. The van der Waals surface area contributed by atoms with Crippen LogP contribution in [0.15, 0.2) is 12.4 Å². The molecular weight excluding hydrogens is 368 g/mol. The van der Waals surface area contributed by atoms with Gasteiger partial charge in [0, 0.05) is 51.4 Å². The van der Waals surface area contributed by atoms with Gasteiger partial charge < -0.3 is 9.88 Å². The summed E-state index contributed by atoms with van der Waals surface area (Å²) in [6.45, 7) is 4.84. The predicted molar refractivity (Wildman–Crippen MR) is 108 cm³/mol. The topological polar surface area (TPSA) is 95.5 Å². The van der Waals surface area contributed by atoms with Gasteiger partial charge in [-0.1, -0.05) is 0 Å². The minimum absolute atomic E-state index is 0.0998. The summed E-state index contributed by atoms with van der Waals surface area (Å²) in [6, 6.07) is 0.155. The lowest BCUT2D eigenvalue weighted by atomic mass is 10.1. The quantitative estimate of drug-likeness (QED) is 0.705. The number of nitrogens with zero attached hydrogens (tertiary/aromatic N) is 7. The Balaban J connectivity index is 1.35. The van der Waals surface area contributed by atoms with Crippen molar-refractivity contribution in [1.29, 1.82) is 0 Å². The molecule has 0 spiro atoms. The highest BCUT2D eigenvalue weighted by Gasteiger charge is 2.23. The van der Waals surface area contributed by atoms with Crippen LogP contribution in [-0.4, -0.2) is 46.3 Å². The Kier molecular flexibility index (Phi) is 5.21. The Morgan fingerprint density at radius 3 is 2.76 bits per heavy atom. The van der Waals surface area contributed by atoms with Crippen molar-refractivity contribution in [1.82, 2.24) is 39.6 Å².